The molecule has 0 spiro atoms. The molecule has 0 aliphatic rings. The summed E-state index contributed by atoms with van der Waals surface area (Å²) in [4.78, 5) is 15.4. The maximum Gasteiger partial charge on any atom is 0.251 e. The molecule has 0 radical (unpaired) electrons. The van der Waals surface area contributed by atoms with E-state index in [0.717, 1.165) is 11.6 Å². The number of hydrogen-bond donors (Lipinski definition) is 1. The number of halogens is 2. The molecule has 0 saturated carbocycles. The lowest BCUT2D eigenvalue weighted by atomic mass is 10.1. The maximum absolute atomic E-state index is 13.0. The minimum atomic E-state index is -0.670. The minimum absolute atomic E-state index is 0.112. The molecular formula is C15H14ClFN2O. The maximum atomic E-state index is 13.0. The van der Waals surface area contributed by atoms with Crippen molar-refractivity contribution in [3.63, 3.8) is 0 Å². The molecule has 5 heteroatoms. The Kier molecular flexibility index (Phi) is 4.69. The van der Waals surface area contributed by atoms with E-state index in [1.165, 1.54) is 12.3 Å². The summed E-state index contributed by atoms with van der Waals surface area (Å²) in [6.07, 6.45) is 1.88. The second-order valence-corrected chi connectivity index (χ2v) is 4.94. The van der Waals surface area contributed by atoms with E-state index >= 15 is 0 Å². The predicted molar refractivity (Wildman–Crippen MR) is 76.3 cm³/mol. The molecular weight excluding hydrogens is 279 g/mol. The molecule has 1 atom stereocenters. The van der Waals surface area contributed by atoms with E-state index in [1.807, 2.05) is 31.2 Å². The highest BCUT2D eigenvalue weighted by atomic mass is 35.5. The highest BCUT2D eigenvalue weighted by Crippen LogP contribution is 2.16. The van der Waals surface area contributed by atoms with Gasteiger partial charge in [-0.25, -0.2) is 4.98 Å². The second-order valence-electron chi connectivity index (χ2n) is 4.54. The van der Waals surface area contributed by atoms with Crippen molar-refractivity contribution in [2.75, 3.05) is 0 Å². The van der Waals surface area contributed by atoms with E-state index in [2.05, 4.69) is 10.3 Å². The molecule has 20 heavy (non-hydrogen) atoms. The highest BCUT2D eigenvalue weighted by Gasteiger charge is 2.12. The molecule has 1 aromatic carbocycles. The summed E-state index contributed by atoms with van der Waals surface area (Å²) in [5.74, 6) is -0.998. The van der Waals surface area contributed by atoms with Gasteiger partial charge >= 0.3 is 0 Å². The van der Waals surface area contributed by atoms with Gasteiger partial charge in [0.25, 0.3) is 5.91 Å². The van der Waals surface area contributed by atoms with Crippen molar-refractivity contribution in [3.8, 4) is 0 Å². The lowest BCUT2D eigenvalue weighted by Gasteiger charge is -2.14. The van der Waals surface area contributed by atoms with Crippen LogP contribution in [-0.2, 0) is 6.42 Å². The van der Waals surface area contributed by atoms with Crippen LogP contribution in [0.1, 0.15) is 22.8 Å². The molecule has 0 bridgehead atoms. The zero-order chi connectivity index (χ0) is 14.5. The first kappa shape index (κ1) is 14.5. The van der Waals surface area contributed by atoms with E-state index in [9.17, 15) is 9.18 Å². The molecule has 0 aliphatic carbocycles. The Morgan fingerprint density at radius 1 is 1.40 bits per heavy atom. The van der Waals surface area contributed by atoms with Crippen LogP contribution in [0.4, 0.5) is 4.39 Å². The number of nitrogens with one attached hydrogen (secondary N) is 1. The van der Waals surface area contributed by atoms with Gasteiger partial charge in [0.05, 0.1) is 0 Å². The van der Waals surface area contributed by atoms with Crippen LogP contribution in [0.15, 0.2) is 42.6 Å². The zero-order valence-corrected chi connectivity index (χ0v) is 11.7. The van der Waals surface area contributed by atoms with Gasteiger partial charge < -0.3 is 5.32 Å². The molecule has 1 heterocycles. The predicted octanol–water partition coefficient (Wildman–Crippen LogP) is 3.24. The number of nitrogens with zero attached hydrogens (tertiary/aromatic N) is 1. The summed E-state index contributed by atoms with van der Waals surface area (Å²) in [5, 5.41) is 3.48. The van der Waals surface area contributed by atoms with Crippen LogP contribution >= 0.6 is 11.6 Å². The molecule has 0 aliphatic heterocycles. The third-order valence-corrected chi connectivity index (χ3v) is 3.22. The van der Waals surface area contributed by atoms with E-state index in [0.29, 0.717) is 11.4 Å². The number of rotatable bonds is 4. The van der Waals surface area contributed by atoms with Gasteiger partial charge in [0.1, 0.15) is 0 Å². The number of pyridine rings is 1. The van der Waals surface area contributed by atoms with Gasteiger partial charge in [0, 0.05) is 28.9 Å². The number of carbonyl (C=O) groups is 1. The molecule has 1 unspecified atom stereocenters. The number of benzene rings is 1. The van der Waals surface area contributed by atoms with Gasteiger partial charge in [-0.05, 0) is 31.0 Å². The number of hydrogen-bond acceptors (Lipinski definition) is 2. The van der Waals surface area contributed by atoms with Crippen LogP contribution in [0.5, 0.6) is 0 Å². The van der Waals surface area contributed by atoms with Crippen LogP contribution in [-0.4, -0.2) is 16.9 Å². The lowest BCUT2D eigenvalue weighted by Crippen LogP contribution is -2.34. The van der Waals surface area contributed by atoms with Crippen molar-refractivity contribution in [2.45, 2.75) is 19.4 Å². The fourth-order valence-electron chi connectivity index (χ4n) is 1.90. The number of carbonyl (C=O) groups excluding carboxylic acids is 1. The molecule has 1 amide bonds. The first-order chi connectivity index (χ1) is 9.56. The van der Waals surface area contributed by atoms with Crippen molar-refractivity contribution >= 4 is 17.5 Å². The molecule has 3 nitrogen and oxygen atoms in total. The Morgan fingerprint density at radius 3 is 2.85 bits per heavy atom. The fraction of sp³-hybridized carbons (Fsp3) is 0.200. The van der Waals surface area contributed by atoms with Crippen LogP contribution in [0, 0.1) is 5.95 Å². The van der Waals surface area contributed by atoms with Crippen molar-refractivity contribution < 1.29 is 9.18 Å². The largest absolute Gasteiger partial charge is 0.349 e. The van der Waals surface area contributed by atoms with E-state index < -0.39 is 5.95 Å². The summed E-state index contributed by atoms with van der Waals surface area (Å²) in [6, 6.07) is 9.94. The van der Waals surface area contributed by atoms with Crippen LogP contribution < -0.4 is 5.32 Å². The molecule has 104 valence electrons. The Balaban J connectivity index is 2.00. The summed E-state index contributed by atoms with van der Waals surface area (Å²) < 4.78 is 13.0. The molecule has 0 fully saturated rings. The van der Waals surface area contributed by atoms with Crippen LogP contribution in [0.25, 0.3) is 0 Å². The minimum Gasteiger partial charge on any atom is -0.349 e. The zero-order valence-electron chi connectivity index (χ0n) is 10.9. The summed E-state index contributed by atoms with van der Waals surface area (Å²) in [7, 11) is 0. The van der Waals surface area contributed by atoms with Crippen LogP contribution in [0.3, 0.4) is 0 Å². The summed E-state index contributed by atoms with van der Waals surface area (Å²) in [5.41, 5.74) is 1.21. The van der Waals surface area contributed by atoms with Crippen molar-refractivity contribution in [3.05, 3.63) is 64.7 Å². The summed E-state index contributed by atoms with van der Waals surface area (Å²) >= 11 is 6.07. The van der Waals surface area contributed by atoms with Gasteiger partial charge in [-0.3, -0.25) is 4.79 Å². The van der Waals surface area contributed by atoms with Gasteiger partial charge in [0.2, 0.25) is 5.95 Å². The van der Waals surface area contributed by atoms with Crippen molar-refractivity contribution in [2.24, 2.45) is 0 Å². The van der Waals surface area contributed by atoms with Crippen molar-refractivity contribution in [1.82, 2.24) is 10.3 Å². The molecule has 1 aromatic heterocycles. The molecule has 0 saturated heterocycles. The number of amides is 1. The van der Waals surface area contributed by atoms with E-state index in [4.69, 9.17) is 11.6 Å². The first-order valence-electron chi connectivity index (χ1n) is 6.22. The molecule has 2 aromatic rings. The summed E-state index contributed by atoms with van der Waals surface area (Å²) in [6.45, 7) is 1.87. The average Bonchev–Trinajstić information content (AvgIpc) is 2.41. The standard InChI is InChI=1S/C15H14ClFN2O/c1-10(8-11-4-2-3-5-13(11)16)19-15(20)12-6-7-18-14(17)9-12/h2-7,9-10H,8H2,1H3,(H,19,20). The topological polar surface area (TPSA) is 42.0 Å². The Bertz CT molecular complexity index is 618. The Hall–Kier alpha value is -1.94. The van der Waals surface area contributed by atoms with Crippen LogP contribution in [0.2, 0.25) is 5.02 Å². The fourth-order valence-corrected chi connectivity index (χ4v) is 2.11. The smallest absolute Gasteiger partial charge is 0.251 e. The Labute approximate surface area is 121 Å². The highest BCUT2D eigenvalue weighted by molar-refractivity contribution is 6.31. The van der Waals surface area contributed by atoms with Gasteiger partial charge in [-0.2, -0.15) is 4.39 Å². The number of aromatic nitrogens is 1. The lowest BCUT2D eigenvalue weighted by molar-refractivity contribution is 0.0939. The van der Waals surface area contributed by atoms with Crippen molar-refractivity contribution in [1.29, 1.82) is 0 Å². The first-order valence-corrected chi connectivity index (χ1v) is 6.60. The third-order valence-electron chi connectivity index (χ3n) is 2.85. The normalized spacial score (nSPS) is 11.9. The van der Waals surface area contributed by atoms with E-state index in [1.54, 1.807) is 0 Å². The van der Waals surface area contributed by atoms with Gasteiger partial charge in [0.15, 0.2) is 0 Å². The quantitative estimate of drug-likeness (QED) is 0.879. The van der Waals surface area contributed by atoms with E-state index in [-0.39, 0.29) is 17.5 Å². The van der Waals surface area contributed by atoms with Gasteiger partial charge in [-0.15, -0.1) is 0 Å². The monoisotopic (exact) mass is 292 g/mol. The SMILES string of the molecule is CC(Cc1ccccc1Cl)NC(=O)c1ccnc(F)c1. The third kappa shape index (κ3) is 3.78. The molecule has 2 rings (SSSR count). The molecule has 1 N–H and O–H groups in total. The van der Waals surface area contributed by atoms with Gasteiger partial charge in [-0.1, -0.05) is 29.8 Å². The Morgan fingerprint density at radius 2 is 2.15 bits per heavy atom. The average molecular weight is 293 g/mol. The second kappa shape index (κ2) is 6.48.